The zero-order chi connectivity index (χ0) is 26.8. The number of amides is 1. The van der Waals surface area contributed by atoms with E-state index in [1.54, 1.807) is 42.5 Å². The lowest BCUT2D eigenvalue weighted by atomic mass is 9.94. The number of carbonyl (C=O) groups is 2. The summed E-state index contributed by atoms with van der Waals surface area (Å²) in [5.74, 6) is 0.00761. The minimum absolute atomic E-state index is 0.00724. The lowest BCUT2D eigenvalue weighted by molar-refractivity contribution is -0.132. The van der Waals surface area contributed by atoms with Crippen LogP contribution in [0.5, 0.6) is 17.2 Å². The van der Waals surface area contributed by atoms with E-state index < -0.39 is 17.7 Å². The van der Waals surface area contributed by atoms with Crippen LogP contribution >= 0.6 is 15.9 Å². The highest BCUT2D eigenvalue weighted by molar-refractivity contribution is 9.10. The molecule has 5 rings (SSSR count). The topological polar surface area (TPSA) is 76.1 Å². The zero-order valence-corrected chi connectivity index (χ0v) is 22.3. The van der Waals surface area contributed by atoms with Crippen LogP contribution in [-0.2, 0) is 9.59 Å². The maximum Gasteiger partial charge on any atom is 0.300 e. The predicted molar refractivity (Wildman–Crippen MR) is 150 cm³/mol. The molecule has 0 aliphatic carbocycles. The molecule has 1 aliphatic rings. The van der Waals surface area contributed by atoms with Gasteiger partial charge in [-0.05, 0) is 82.5 Å². The number of aliphatic hydroxyl groups excluding tert-OH is 1. The van der Waals surface area contributed by atoms with E-state index in [-0.39, 0.29) is 11.3 Å². The van der Waals surface area contributed by atoms with Gasteiger partial charge in [0.25, 0.3) is 11.7 Å². The number of carbonyl (C=O) groups excluding carboxylic acids is 2. The zero-order valence-electron chi connectivity index (χ0n) is 20.7. The number of hydrogen-bond acceptors (Lipinski definition) is 5. The van der Waals surface area contributed by atoms with E-state index in [0.29, 0.717) is 38.5 Å². The maximum absolute atomic E-state index is 13.5. The Bertz CT molecular complexity index is 1560. The second kappa shape index (κ2) is 10.6. The molecule has 190 valence electrons. The summed E-state index contributed by atoms with van der Waals surface area (Å²) in [6, 6.07) is 28.0. The number of methoxy groups -OCH3 is 1. The van der Waals surface area contributed by atoms with Crippen molar-refractivity contribution in [2.24, 2.45) is 0 Å². The molecule has 1 fully saturated rings. The van der Waals surface area contributed by atoms with Crippen LogP contribution in [0.1, 0.15) is 22.7 Å². The fraction of sp³-hybridized carbons (Fsp3) is 0.0968. The first-order valence-corrected chi connectivity index (χ1v) is 12.7. The molecule has 0 spiro atoms. The summed E-state index contributed by atoms with van der Waals surface area (Å²) in [7, 11) is 1.54. The van der Waals surface area contributed by atoms with Crippen LogP contribution in [0.3, 0.4) is 0 Å². The molecular weight excluding hydrogens is 546 g/mol. The molecule has 0 radical (unpaired) electrons. The van der Waals surface area contributed by atoms with Gasteiger partial charge in [0.05, 0.1) is 23.2 Å². The number of para-hydroxylation sites is 2. The van der Waals surface area contributed by atoms with E-state index in [9.17, 15) is 14.7 Å². The third kappa shape index (κ3) is 4.68. The van der Waals surface area contributed by atoms with Crippen LogP contribution in [0.2, 0.25) is 0 Å². The molecule has 4 aromatic carbocycles. The van der Waals surface area contributed by atoms with E-state index in [2.05, 4.69) is 15.9 Å². The molecule has 4 aromatic rings. The summed E-state index contributed by atoms with van der Waals surface area (Å²) in [4.78, 5) is 28.5. The summed E-state index contributed by atoms with van der Waals surface area (Å²) >= 11 is 3.43. The van der Waals surface area contributed by atoms with Gasteiger partial charge in [-0.15, -0.1) is 0 Å². The highest BCUT2D eigenvalue weighted by Gasteiger charge is 2.47. The van der Waals surface area contributed by atoms with Gasteiger partial charge in [0, 0.05) is 11.3 Å². The lowest BCUT2D eigenvalue weighted by Crippen LogP contribution is -2.30. The number of ketones is 1. The number of benzene rings is 4. The molecular formula is C31H24BrNO5. The Kier molecular flexibility index (Phi) is 7.03. The number of hydrogen-bond donors (Lipinski definition) is 1. The molecule has 1 saturated heterocycles. The Labute approximate surface area is 228 Å². The molecule has 6 nitrogen and oxygen atoms in total. The standard InChI is InChI=1S/C31H24BrNO5/c1-19-9-6-7-14-25(19)33-28(20-10-8-13-23(17-20)38-22-11-4-3-5-12-22)27(30(35)31(33)36)29(34)21-15-16-26(37-2)24(32)18-21/h3-18,28,34H,1-2H3/b29-27+. The molecule has 7 heteroatoms. The van der Waals surface area contributed by atoms with Gasteiger partial charge in [0.2, 0.25) is 0 Å². The molecule has 38 heavy (non-hydrogen) atoms. The fourth-order valence-electron chi connectivity index (χ4n) is 4.57. The quantitative estimate of drug-likeness (QED) is 0.151. The number of ether oxygens (including phenoxy) is 2. The normalized spacial score (nSPS) is 16.5. The third-order valence-electron chi connectivity index (χ3n) is 6.40. The van der Waals surface area contributed by atoms with Gasteiger partial charge in [0.15, 0.2) is 0 Å². The lowest BCUT2D eigenvalue weighted by Gasteiger charge is -2.27. The Hall–Kier alpha value is -4.36. The number of nitrogens with zero attached hydrogens (tertiary/aromatic N) is 1. The number of aliphatic hydroxyl groups is 1. The summed E-state index contributed by atoms with van der Waals surface area (Å²) in [5.41, 5.74) is 2.40. The SMILES string of the molecule is COc1ccc(/C(O)=C2\C(=O)C(=O)N(c3ccccc3C)C2c2cccc(Oc3ccccc3)c2)cc1Br. The Morgan fingerprint density at radius 1 is 0.868 bits per heavy atom. The summed E-state index contributed by atoms with van der Waals surface area (Å²) in [5, 5.41) is 11.5. The largest absolute Gasteiger partial charge is 0.507 e. The average molecular weight is 570 g/mol. The van der Waals surface area contributed by atoms with E-state index in [1.165, 1.54) is 12.0 Å². The van der Waals surface area contributed by atoms with Gasteiger partial charge in [0.1, 0.15) is 23.0 Å². The molecule has 0 saturated carbocycles. The van der Waals surface area contributed by atoms with Crippen LogP contribution in [-0.4, -0.2) is 23.9 Å². The van der Waals surface area contributed by atoms with Crippen molar-refractivity contribution in [1.29, 1.82) is 0 Å². The van der Waals surface area contributed by atoms with Crippen molar-refractivity contribution in [3.05, 3.63) is 124 Å². The predicted octanol–water partition coefficient (Wildman–Crippen LogP) is 7.18. The van der Waals surface area contributed by atoms with Crippen molar-refractivity contribution in [1.82, 2.24) is 0 Å². The van der Waals surface area contributed by atoms with Crippen LogP contribution in [0.25, 0.3) is 5.76 Å². The Morgan fingerprint density at radius 2 is 1.58 bits per heavy atom. The maximum atomic E-state index is 13.5. The number of aryl methyl sites for hydroxylation is 1. The average Bonchev–Trinajstić information content (AvgIpc) is 3.19. The van der Waals surface area contributed by atoms with Crippen molar-refractivity contribution in [2.75, 3.05) is 12.0 Å². The first kappa shape index (κ1) is 25.3. The van der Waals surface area contributed by atoms with Gasteiger partial charge >= 0.3 is 0 Å². The third-order valence-corrected chi connectivity index (χ3v) is 7.02. The molecule has 1 N–H and O–H groups in total. The first-order valence-electron chi connectivity index (χ1n) is 11.9. The second-order valence-electron chi connectivity index (χ2n) is 8.79. The number of rotatable bonds is 6. The minimum atomic E-state index is -0.878. The molecule has 1 aliphatic heterocycles. The van der Waals surface area contributed by atoms with Crippen LogP contribution in [0, 0.1) is 6.92 Å². The Balaban J connectivity index is 1.68. The molecule has 0 aromatic heterocycles. The molecule has 0 bridgehead atoms. The van der Waals surface area contributed by atoms with E-state index >= 15 is 0 Å². The van der Waals surface area contributed by atoms with Crippen molar-refractivity contribution in [2.45, 2.75) is 13.0 Å². The summed E-state index contributed by atoms with van der Waals surface area (Å²) in [6.07, 6.45) is 0. The monoisotopic (exact) mass is 569 g/mol. The number of anilines is 1. The second-order valence-corrected chi connectivity index (χ2v) is 9.65. The van der Waals surface area contributed by atoms with E-state index in [0.717, 1.165) is 5.56 Å². The highest BCUT2D eigenvalue weighted by atomic mass is 79.9. The van der Waals surface area contributed by atoms with Crippen molar-refractivity contribution < 1.29 is 24.2 Å². The highest BCUT2D eigenvalue weighted by Crippen LogP contribution is 2.44. The van der Waals surface area contributed by atoms with Gasteiger partial charge in [-0.2, -0.15) is 0 Å². The first-order chi connectivity index (χ1) is 18.4. The summed E-state index contributed by atoms with van der Waals surface area (Å²) in [6.45, 7) is 1.88. The molecule has 1 unspecified atom stereocenters. The minimum Gasteiger partial charge on any atom is -0.507 e. The molecule has 1 atom stereocenters. The van der Waals surface area contributed by atoms with E-state index in [1.807, 2.05) is 61.5 Å². The van der Waals surface area contributed by atoms with Gasteiger partial charge in [-0.25, -0.2) is 0 Å². The Morgan fingerprint density at radius 3 is 2.29 bits per heavy atom. The number of halogens is 1. The van der Waals surface area contributed by atoms with E-state index in [4.69, 9.17) is 9.47 Å². The van der Waals surface area contributed by atoms with Crippen LogP contribution in [0.15, 0.2) is 107 Å². The summed E-state index contributed by atoms with van der Waals surface area (Å²) < 4.78 is 11.9. The van der Waals surface area contributed by atoms with Crippen molar-refractivity contribution in [3.8, 4) is 17.2 Å². The smallest absolute Gasteiger partial charge is 0.300 e. The fourth-order valence-corrected chi connectivity index (χ4v) is 5.11. The van der Waals surface area contributed by atoms with Crippen LogP contribution < -0.4 is 14.4 Å². The number of Topliss-reactive ketones (excluding diaryl/α,β-unsaturated/α-hetero) is 1. The van der Waals surface area contributed by atoms with Gasteiger partial charge < -0.3 is 14.6 Å². The molecule has 1 heterocycles. The van der Waals surface area contributed by atoms with Crippen molar-refractivity contribution >= 4 is 39.1 Å². The van der Waals surface area contributed by atoms with Gasteiger partial charge in [-0.3, -0.25) is 14.5 Å². The van der Waals surface area contributed by atoms with Crippen LogP contribution in [0.4, 0.5) is 5.69 Å². The van der Waals surface area contributed by atoms with Crippen molar-refractivity contribution in [3.63, 3.8) is 0 Å². The van der Waals surface area contributed by atoms with Gasteiger partial charge in [-0.1, -0.05) is 48.5 Å². The molecule has 1 amide bonds.